The number of nitrogens with zero attached hydrogens (tertiary/aromatic N) is 2. The van der Waals surface area contributed by atoms with Crippen molar-refractivity contribution in [2.24, 2.45) is 5.73 Å². The summed E-state index contributed by atoms with van der Waals surface area (Å²) in [5.41, 5.74) is 6.25. The molecule has 5 nitrogen and oxygen atoms in total. The first-order valence-electron chi connectivity index (χ1n) is 5.20. The molecule has 2 rings (SSSR count). The number of thiazole rings is 1. The zero-order chi connectivity index (χ0) is 11.5. The SMILES string of the molecule is COCCN1CCc2nc(C(N)=O)sc2C1. The van der Waals surface area contributed by atoms with Gasteiger partial charge in [0.1, 0.15) is 0 Å². The minimum Gasteiger partial charge on any atom is -0.383 e. The Morgan fingerprint density at radius 2 is 2.50 bits per heavy atom. The molecule has 0 unspecified atom stereocenters. The first kappa shape index (κ1) is 11.5. The van der Waals surface area contributed by atoms with Crippen LogP contribution in [0.2, 0.25) is 0 Å². The number of ether oxygens (including phenoxy) is 1. The first-order valence-corrected chi connectivity index (χ1v) is 6.02. The van der Waals surface area contributed by atoms with Crippen LogP contribution in [0.3, 0.4) is 0 Å². The van der Waals surface area contributed by atoms with Crippen LogP contribution in [0.1, 0.15) is 20.4 Å². The van der Waals surface area contributed by atoms with Gasteiger partial charge in [-0.2, -0.15) is 0 Å². The van der Waals surface area contributed by atoms with Gasteiger partial charge in [-0.25, -0.2) is 4.98 Å². The van der Waals surface area contributed by atoms with Gasteiger partial charge in [0.25, 0.3) is 5.91 Å². The summed E-state index contributed by atoms with van der Waals surface area (Å²) < 4.78 is 5.05. The number of hydrogen-bond acceptors (Lipinski definition) is 5. The summed E-state index contributed by atoms with van der Waals surface area (Å²) in [7, 11) is 1.70. The lowest BCUT2D eigenvalue weighted by Gasteiger charge is -2.25. The lowest BCUT2D eigenvalue weighted by Crippen LogP contribution is -2.32. The molecule has 1 aromatic rings. The molecule has 6 heteroatoms. The van der Waals surface area contributed by atoms with Gasteiger partial charge in [-0.05, 0) is 0 Å². The predicted molar refractivity (Wildman–Crippen MR) is 61.5 cm³/mol. The van der Waals surface area contributed by atoms with Gasteiger partial charge in [-0.3, -0.25) is 9.69 Å². The average Bonchev–Trinajstić information content (AvgIpc) is 2.69. The molecule has 1 amide bonds. The Morgan fingerprint density at radius 1 is 1.69 bits per heavy atom. The molecule has 2 heterocycles. The molecule has 0 aliphatic carbocycles. The standard InChI is InChI=1S/C10H15N3O2S/c1-15-5-4-13-3-2-7-8(6-13)16-10(12-7)9(11)14/h2-6H2,1H3,(H2,11,14). The molecule has 0 saturated carbocycles. The molecule has 2 N–H and O–H groups in total. The maximum Gasteiger partial charge on any atom is 0.277 e. The molecule has 88 valence electrons. The quantitative estimate of drug-likeness (QED) is 0.820. The Morgan fingerprint density at radius 3 is 3.19 bits per heavy atom. The van der Waals surface area contributed by atoms with Crippen LogP contribution in [0.5, 0.6) is 0 Å². The number of fused-ring (bicyclic) bond motifs is 1. The van der Waals surface area contributed by atoms with Crippen molar-refractivity contribution in [2.45, 2.75) is 13.0 Å². The smallest absolute Gasteiger partial charge is 0.277 e. The van der Waals surface area contributed by atoms with Gasteiger partial charge < -0.3 is 10.5 Å². The van der Waals surface area contributed by atoms with Crippen LogP contribution in [-0.2, 0) is 17.7 Å². The molecule has 0 saturated heterocycles. The van der Waals surface area contributed by atoms with Crippen molar-refractivity contribution in [1.82, 2.24) is 9.88 Å². The lowest BCUT2D eigenvalue weighted by atomic mass is 10.2. The van der Waals surface area contributed by atoms with E-state index in [0.717, 1.165) is 43.2 Å². The molecule has 1 aliphatic rings. The van der Waals surface area contributed by atoms with Gasteiger partial charge in [0.15, 0.2) is 5.01 Å². The van der Waals surface area contributed by atoms with Gasteiger partial charge in [-0.15, -0.1) is 11.3 Å². The molecule has 0 spiro atoms. The van der Waals surface area contributed by atoms with Crippen LogP contribution in [0.15, 0.2) is 0 Å². The monoisotopic (exact) mass is 241 g/mol. The van der Waals surface area contributed by atoms with E-state index in [1.165, 1.54) is 11.3 Å². The normalized spacial score (nSPS) is 16.1. The summed E-state index contributed by atoms with van der Waals surface area (Å²) in [4.78, 5) is 18.7. The third-order valence-corrected chi connectivity index (χ3v) is 3.73. The van der Waals surface area contributed by atoms with Gasteiger partial charge in [0, 0.05) is 38.0 Å². The van der Waals surface area contributed by atoms with Crippen LogP contribution >= 0.6 is 11.3 Å². The predicted octanol–water partition coefficient (Wildman–Crippen LogP) is 0.247. The fourth-order valence-electron chi connectivity index (χ4n) is 1.77. The fraction of sp³-hybridized carbons (Fsp3) is 0.600. The Balaban J connectivity index is 2.05. The van der Waals surface area contributed by atoms with Crippen molar-refractivity contribution in [2.75, 3.05) is 26.8 Å². The summed E-state index contributed by atoms with van der Waals surface area (Å²) >= 11 is 1.41. The summed E-state index contributed by atoms with van der Waals surface area (Å²) in [6.45, 7) is 3.47. The first-order chi connectivity index (χ1) is 7.70. The number of amides is 1. The van der Waals surface area contributed by atoms with E-state index in [1.807, 2.05) is 0 Å². The molecule has 0 radical (unpaired) electrons. The second-order valence-electron chi connectivity index (χ2n) is 3.77. The molecule has 1 aromatic heterocycles. The molecule has 16 heavy (non-hydrogen) atoms. The Labute approximate surface area is 98.2 Å². The highest BCUT2D eigenvalue weighted by molar-refractivity contribution is 7.13. The minimum atomic E-state index is -0.428. The third kappa shape index (κ3) is 2.40. The summed E-state index contributed by atoms with van der Waals surface area (Å²) in [6.07, 6.45) is 0.892. The summed E-state index contributed by atoms with van der Waals surface area (Å²) in [5.74, 6) is -0.428. The maximum absolute atomic E-state index is 11.0. The Hall–Kier alpha value is -0.980. The summed E-state index contributed by atoms with van der Waals surface area (Å²) in [6, 6.07) is 0. The van der Waals surface area contributed by atoms with Crippen molar-refractivity contribution in [1.29, 1.82) is 0 Å². The van der Waals surface area contributed by atoms with Crippen LogP contribution in [0.25, 0.3) is 0 Å². The number of methoxy groups -OCH3 is 1. The van der Waals surface area contributed by atoms with Gasteiger partial charge in [0.05, 0.1) is 12.3 Å². The zero-order valence-corrected chi connectivity index (χ0v) is 10.0. The van der Waals surface area contributed by atoms with E-state index in [0.29, 0.717) is 5.01 Å². The van der Waals surface area contributed by atoms with Gasteiger partial charge in [-0.1, -0.05) is 0 Å². The molecule has 0 bridgehead atoms. The van der Waals surface area contributed by atoms with Crippen molar-refractivity contribution in [3.63, 3.8) is 0 Å². The third-order valence-electron chi connectivity index (χ3n) is 2.63. The maximum atomic E-state index is 11.0. The van der Waals surface area contributed by atoms with Crippen molar-refractivity contribution >= 4 is 17.2 Å². The van der Waals surface area contributed by atoms with Crippen molar-refractivity contribution in [3.05, 3.63) is 15.6 Å². The van der Waals surface area contributed by atoms with E-state index >= 15 is 0 Å². The lowest BCUT2D eigenvalue weighted by molar-refractivity contribution is 0.0999. The number of rotatable bonds is 4. The van der Waals surface area contributed by atoms with Gasteiger partial charge in [0.2, 0.25) is 0 Å². The van der Waals surface area contributed by atoms with Crippen LogP contribution in [0.4, 0.5) is 0 Å². The van der Waals surface area contributed by atoms with Crippen molar-refractivity contribution < 1.29 is 9.53 Å². The minimum absolute atomic E-state index is 0.428. The van der Waals surface area contributed by atoms with E-state index in [2.05, 4.69) is 9.88 Å². The van der Waals surface area contributed by atoms with E-state index in [4.69, 9.17) is 10.5 Å². The highest BCUT2D eigenvalue weighted by Crippen LogP contribution is 2.24. The number of hydrogen-bond donors (Lipinski definition) is 1. The van der Waals surface area contributed by atoms with Crippen LogP contribution in [0, 0.1) is 0 Å². The molecule has 0 aromatic carbocycles. The average molecular weight is 241 g/mol. The Kier molecular flexibility index (Phi) is 3.52. The second-order valence-corrected chi connectivity index (χ2v) is 4.86. The van der Waals surface area contributed by atoms with Gasteiger partial charge >= 0.3 is 0 Å². The van der Waals surface area contributed by atoms with Crippen molar-refractivity contribution in [3.8, 4) is 0 Å². The van der Waals surface area contributed by atoms with Crippen LogP contribution < -0.4 is 5.73 Å². The zero-order valence-electron chi connectivity index (χ0n) is 9.23. The number of nitrogens with two attached hydrogens (primary N) is 1. The highest BCUT2D eigenvalue weighted by Gasteiger charge is 2.21. The Bertz CT molecular complexity index is 391. The topological polar surface area (TPSA) is 68.4 Å². The van der Waals surface area contributed by atoms with E-state index in [9.17, 15) is 4.79 Å². The number of carbonyl (C=O) groups excluding carboxylic acids is 1. The number of carbonyl (C=O) groups is 1. The largest absolute Gasteiger partial charge is 0.383 e. The molecular weight excluding hydrogens is 226 g/mol. The van der Waals surface area contributed by atoms with E-state index in [1.54, 1.807) is 7.11 Å². The van der Waals surface area contributed by atoms with E-state index in [-0.39, 0.29) is 0 Å². The summed E-state index contributed by atoms with van der Waals surface area (Å²) in [5, 5.41) is 0.429. The fourth-order valence-corrected chi connectivity index (χ4v) is 2.77. The highest BCUT2D eigenvalue weighted by atomic mass is 32.1. The molecular formula is C10H15N3O2S. The number of aromatic nitrogens is 1. The molecule has 1 aliphatic heterocycles. The van der Waals surface area contributed by atoms with Crippen LogP contribution in [-0.4, -0.2) is 42.6 Å². The second kappa shape index (κ2) is 4.90. The molecule has 0 fully saturated rings. The molecule has 0 atom stereocenters. The van der Waals surface area contributed by atoms with E-state index < -0.39 is 5.91 Å². The number of primary amides is 1.